The van der Waals surface area contributed by atoms with Gasteiger partial charge in [0.25, 0.3) is 0 Å². The maximum Gasteiger partial charge on any atom is 0.240 e. The molecule has 0 radical (unpaired) electrons. The van der Waals surface area contributed by atoms with Crippen molar-refractivity contribution in [3.8, 4) is 0 Å². The van der Waals surface area contributed by atoms with Crippen LogP contribution in [-0.2, 0) is 17.8 Å². The first-order valence-corrected chi connectivity index (χ1v) is 10.8. The molecule has 6 nitrogen and oxygen atoms in total. The lowest BCUT2D eigenvalue weighted by Gasteiger charge is -2.31. The Hall–Kier alpha value is -2.25. The Morgan fingerprint density at radius 2 is 2.14 bits per heavy atom. The third-order valence-corrected chi connectivity index (χ3v) is 6.37. The minimum absolute atomic E-state index is 0.0251. The second-order valence-electron chi connectivity index (χ2n) is 7.61. The van der Waals surface area contributed by atoms with Crippen LogP contribution in [0.15, 0.2) is 30.6 Å². The number of likely N-dealkylation sites (tertiary alicyclic amines) is 1. The number of aromatic nitrogens is 3. The van der Waals surface area contributed by atoms with Gasteiger partial charge >= 0.3 is 0 Å². The van der Waals surface area contributed by atoms with Crippen molar-refractivity contribution in [3.05, 3.63) is 42.0 Å². The highest BCUT2D eigenvalue weighted by Gasteiger charge is 2.22. The van der Waals surface area contributed by atoms with Crippen molar-refractivity contribution in [1.29, 1.82) is 0 Å². The van der Waals surface area contributed by atoms with Gasteiger partial charge in [0.15, 0.2) is 5.13 Å². The van der Waals surface area contributed by atoms with E-state index in [2.05, 4.69) is 50.9 Å². The summed E-state index contributed by atoms with van der Waals surface area (Å²) in [7, 11) is 0. The fourth-order valence-electron chi connectivity index (χ4n) is 3.87. The SMILES string of the molecule is CCc1nccn1CC1CCN(CC(=O)Nc2nc3ccc(C)cc3s2)CC1. The topological polar surface area (TPSA) is 63.1 Å². The molecule has 0 unspecified atom stereocenters. The second kappa shape index (κ2) is 8.41. The molecule has 2 aromatic heterocycles. The highest BCUT2D eigenvalue weighted by Crippen LogP contribution is 2.27. The zero-order valence-corrected chi connectivity index (χ0v) is 17.3. The van der Waals surface area contributed by atoms with Gasteiger partial charge in [-0.15, -0.1) is 0 Å². The fourth-order valence-corrected chi connectivity index (χ4v) is 4.85. The Bertz CT molecular complexity index is 955. The summed E-state index contributed by atoms with van der Waals surface area (Å²) in [6.45, 7) is 7.62. The van der Waals surface area contributed by atoms with Gasteiger partial charge in [0.2, 0.25) is 5.91 Å². The van der Waals surface area contributed by atoms with Gasteiger partial charge in [-0.25, -0.2) is 9.97 Å². The molecule has 1 amide bonds. The summed E-state index contributed by atoms with van der Waals surface area (Å²) in [5.41, 5.74) is 2.15. The zero-order valence-electron chi connectivity index (χ0n) is 16.5. The molecule has 148 valence electrons. The average Bonchev–Trinajstić information content (AvgIpc) is 3.28. The number of thiazole rings is 1. The molecule has 3 heterocycles. The van der Waals surface area contributed by atoms with Crippen molar-refractivity contribution in [2.24, 2.45) is 5.92 Å². The van der Waals surface area contributed by atoms with E-state index in [1.54, 1.807) is 0 Å². The third kappa shape index (κ3) is 4.42. The maximum absolute atomic E-state index is 12.4. The number of imidazole rings is 1. The highest BCUT2D eigenvalue weighted by atomic mass is 32.1. The molecule has 1 aromatic carbocycles. The van der Waals surface area contributed by atoms with Crippen LogP contribution in [0.25, 0.3) is 10.2 Å². The number of carbonyl (C=O) groups excluding carboxylic acids is 1. The molecule has 28 heavy (non-hydrogen) atoms. The molecular formula is C21H27N5OS. The Kier molecular flexibility index (Phi) is 5.73. The van der Waals surface area contributed by atoms with Gasteiger partial charge in [0.05, 0.1) is 16.8 Å². The lowest BCUT2D eigenvalue weighted by atomic mass is 9.96. The Balaban J connectivity index is 1.26. The Morgan fingerprint density at radius 1 is 1.32 bits per heavy atom. The minimum Gasteiger partial charge on any atom is -0.335 e. The Morgan fingerprint density at radius 3 is 2.93 bits per heavy atom. The predicted octanol–water partition coefficient (Wildman–Crippen LogP) is 3.71. The normalized spacial score (nSPS) is 15.9. The molecule has 0 saturated carbocycles. The number of piperidine rings is 1. The van der Waals surface area contributed by atoms with Gasteiger partial charge in [-0.1, -0.05) is 24.3 Å². The van der Waals surface area contributed by atoms with E-state index in [1.165, 1.54) is 16.9 Å². The van der Waals surface area contributed by atoms with E-state index < -0.39 is 0 Å². The van der Waals surface area contributed by atoms with Gasteiger partial charge in [-0.05, 0) is 56.5 Å². The summed E-state index contributed by atoms with van der Waals surface area (Å²) in [5, 5.41) is 3.66. The average molecular weight is 398 g/mol. The van der Waals surface area contributed by atoms with Gasteiger partial charge < -0.3 is 9.88 Å². The molecule has 1 aliphatic heterocycles. The van der Waals surface area contributed by atoms with Crippen LogP contribution in [0, 0.1) is 12.8 Å². The van der Waals surface area contributed by atoms with Crippen molar-refractivity contribution in [2.45, 2.75) is 39.7 Å². The molecule has 3 aromatic rings. The molecule has 1 saturated heterocycles. The quantitative estimate of drug-likeness (QED) is 0.689. The van der Waals surface area contributed by atoms with E-state index in [0.717, 1.165) is 54.9 Å². The second-order valence-corrected chi connectivity index (χ2v) is 8.64. The summed E-state index contributed by atoms with van der Waals surface area (Å²) in [4.78, 5) is 23.6. The molecule has 1 aliphatic rings. The van der Waals surface area contributed by atoms with E-state index in [4.69, 9.17) is 0 Å². The van der Waals surface area contributed by atoms with E-state index >= 15 is 0 Å². The lowest BCUT2D eigenvalue weighted by Crippen LogP contribution is -2.40. The number of aryl methyl sites for hydroxylation is 2. The summed E-state index contributed by atoms with van der Waals surface area (Å²) in [6.07, 6.45) is 7.18. The number of hydrogen-bond acceptors (Lipinski definition) is 5. The first-order chi connectivity index (χ1) is 13.6. The number of anilines is 1. The monoisotopic (exact) mass is 397 g/mol. The van der Waals surface area contributed by atoms with Crippen molar-refractivity contribution in [2.75, 3.05) is 25.0 Å². The molecule has 4 rings (SSSR count). The van der Waals surface area contributed by atoms with Crippen molar-refractivity contribution < 1.29 is 4.79 Å². The van der Waals surface area contributed by atoms with Gasteiger partial charge in [0.1, 0.15) is 5.82 Å². The number of carbonyl (C=O) groups is 1. The summed E-state index contributed by atoms with van der Waals surface area (Å²) >= 11 is 1.54. The maximum atomic E-state index is 12.4. The van der Waals surface area contributed by atoms with Crippen molar-refractivity contribution in [3.63, 3.8) is 0 Å². The number of hydrogen-bond donors (Lipinski definition) is 1. The standard InChI is InChI=1S/C21H27N5OS/c1-3-19-22-8-11-26(19)13-16-6-9-25(10-7-16)14-20(27)24-21-23-17-5-4-15(2)12-18(17)28-21/h4-5,8,11-12,16H,3,6-7,9-10,13-14H2,1-2H3,(H,23,24,27). The van der Waals surface area contributed by atoms with Crippen LogP contribution in [0.3, 0.4) is 0 Å². The van der Waals surface area contributed by atoms with Gasteiger partial charge in [-0.2, -0.15) is 0 Å². The van der Waals surface area contributed by atoms with Crippen LogP contribution in [0.2, 0.25) is 0 Å². The number of rotatable bonds is 6. The zero-order chi connectivity index (χ0) is 19.5. The van der Waals surface area contributed by atoms with E-state index in [1.807, 2.05) is 18.3 Å². The largest absolute Gasteiger partial charge is 0.335 e. The molecule has 1 N–H and O–H groups in total. The van der Waals surface area contributed by atoms with Crippen LogP contribution >= 0.6 is 11.3 Å². The first-order valence-electron chi connectivity index (χ1n) is 10.00. The molecule has 7 heteroatoms. The fraction of sp³-hybridized carbons (Fsp3) is 0.476. The van der Waals surface area contributed by atoms with Crippen LogP contribution in [0.5, 0.6) is 0 Å². The smallest absolute Gasteiger partial charge is 0.240 e. The Labute approximate surface area is 169 Å². The van der Waals surface area contributed by atoms with Gasteiger partial charge in [0, 0.05) is 25.4 Å². The third-order valence-electron chi connectivity index (χ3n) is 5.44. The summed E-state index contributed by atoms with van der Waals surface area (Å²) in [6, 6.07) is 6.16. The van der Waals surface area contributed by atoms with E-state index in [0.29, 0.717) is 17.6 Å². The molecule has 0 spiro atoms. The van der Waals surface area contributed by atoms with Crippen LogP contribution in [0.1, 0.15) is 31.2 Å². The number of amides is 1. The van der Waals surface area contributed by atoms with Crippen molar-refractivity contribution in [1.82, 2.24) is 19.4 Å². The number of benzene rings is 1. The van der Waals surface area contributed by atoms with E-state index in [-0.39, 0.29) is 5.91 Å². The van der Waals surface area contributed by atoms with Crippen LogP contribution < -0.4 is 5.32 Å². The molecule has 0 bridgehead atoms. The molecule has 0 atom stereocenters. The summed E-state index contributed by atoms with van der Waals surface area (Å²) in [5.74, 6) is 1.84. The highest BCUT2D eigenvalue weighted by molar-refractivity contribution is 7.22. The van der Waals surface area contributed by atoms with Crippen LogP contribution in [0.4, 0.5) is 5.13 Å². The molecule has 1 fully saturated rings. The van der Waals surface area contributed by atoms with Gasteiger partial charge in [-0.3, -0.25) is 9.69 Å². The molecular weight excluding hydrogens is 370 g/mol. The number of nitrogens with one attached hydrogen (secondary N) is 1. The van der Waals surface area contributed by atoms with Crippen LogP contribution in [-0.4, -0.2) is 45.0 Å². The van der Waals surface area contributed by atoms with Crippen molar-refractivity contribution >= 4 is 32.6 Å². The molecule has 0 aliphatic carbocycles. The first kappa shape index (κ1) is 19.1. The minimum atomic E-state index is 0.0251. The lowest BCUT2D eigenvalue weighted by molar-refractivity contribution is -0.117. The number of nitrogens with zero attached hydrogens (tertiary/aromatic N) is 4. The predicted molar refractivity (Wildman–Crippen MR) is 114 cm³/mol. The number of fused-ring (bicyclic) bond motifs is 1. The summed E-state index contributed by atoms with van der Waals surface area (Å²) < 4.78 is 3.39. The van der Waals surface area contributed by atoms with E-state index in [9.17, 15) is 4.79 Å².